The lowest BCUT2D eigenvalue weighted by molar-refractivity contribution is -0.141. The quantitative estimate of drug-likeness (QED) is 0.193. The highest BCUT2D eigenvalue weighted by atomic mass is 32.2. The fourth-order valence-electron chi connectivity index (χ4n) is 4.08. The maximum atomic E-state index is 13.4. The van der Waals surface area contributed by atoms with E-state index in [2.05, 4.69) is 5.32 Å². The summed E-state index contributed by atoms with van der Waals surface area (Å²) in [6.07, 6.45) is 3.55. The van der Waals surface area contributed by atoms with Gasteiger partial charge in [-0.1, -0.05) is 48.2 Å². The molecule has 1 aliphatic heterocycles. The third kappa shape index (κ3) is 5.09. The molecule has 190 valence electrons. The molecule has 0 bridgehead atoms. The number of methoxy groups -OCH3 is 1. The molecule has 1 aliphatic rings. The zero-order chi connectivity index (χ0) is 26.8. The van der Waals surface area contributed by atoms with Crippen molar-refractivity contribution < 1.29 is 23.5 Å². The zero-order valence-electron chi connectivity index (χ0n) is 20.0. The van der Waals surface area contributed by atoms with Gasteiger partial charge in [-0.05, 0) is 54.6 Å². The monoisotopic (exact) mass is 545 g/mol. The van der Waals surface area contributed by atoms with E-state index in [9.17, 15) is 18.8 Å². The number of halogens is 1. The molecule has 0 spiro atoms. The number of nitrogens with one attached hydrogen (secondary N) is 1. The van der Waals surface area contributed by atoms with Gasteiger partial charge >= 0.3 is 5.97 Å². The topological polar surface area (TPSA) is 80.6 Å². The molecule has 0 radical (unpaired) electrons. The summed E-state index contributed by atoms with van der Waals surface area (Å²) >= 11 is 6.68. The van der Waals surface area contributed by atoms with Crippen LogP contribution in [0, 0.1) is 5.82 Å². The first-order valence-electron chi connectivity index (χ1n) is 11.4. The van der Waals surface area contributed by atoms with Gasteiger partial charge in [0, 0.05) is 33.9 Å². The molecule has 1 aromatic heterocycles. The van der Waals surface area contributed by atoms with E-state index in [1.165, 1.54) is 36.3 Å². The first kappa shape index (κ1) is 25.4. The molecule has 4 aromatic rings. The molecule has 38 heavy (non-hydrogen) atoms. The Balaban J connectivity index is 1.41. The Morgan fingerprint density at radius 3 is 2.61 bits per heavy atom. The van der Waals surface area contributed by atoms with E-state index < -0.39 is 11.7 Å². The smallest absolute Gasteiger partial charge is 0.325 e. The predicted octanol–water partition coefficient (Wildman–Crippen LogP) is 5.61. The van der Waals surface area contributed by atoms with Crippen molar-refractivity contribution in [3.05, 3.63) is 101 Å². The number of benzene rings is 3. The highest BCUT2D eigenvalue weighted by Crippen LogP contribution is 2.37. The van der Waals surface area contributed by atoms with Gasteiger partial charge in [-0.2, -0.15) is 0 Å². The van der Waals surface area contributed by atoms with Crippen molar-refractivity contribution in [3.63, 3.8) is 0 Å². The number of rotatable bonds is 6. The number of para-hydroxylation sites is 1. The molecule has 10 heteroatoms. The number of amides is 2. The van der Waals surface area contributed by atoms with Crippen LogP contribution in [0.4, 0.5) is 15.8 Å². The van der Waals surface area contributed by atoms with Gasteiger partial charge in [0.2, 0.25) is 0 Å². The summed E-state index contributed by atoms with van der Waals surface area (Å²) in [6, 6.07) is 19.6. The Morgan fingerprint density at radius 1 is 1.08 bits per heavy atom. The summed E-state index contributed by atoms with van der Waals surface area (Å²) in [4.78, 5) is 39.9. The lowest BCUT2D eigenvalue weighted by atomic mass is 10.1. The van der Waals surface area contributed by atoms with Gasteiger partial charge in [-0.15, -0.1) is 0 Å². The molecule has 1 fully saturated rings. The number of hydrogen-bond donors (Lipinski definition) is 1. The summed E-state index contributed by atoms with van der Waals surface area (Å²) in [5, 5.41) is 3.59. The van der Waals surface area contributed by atoms with Crippen LogP contribution in [0.1, 0.15) is 15.9 Å². The van der Waals surface area contributed by atoms with Crippen LogP contribution in [-0.2, 0) is 20.9 Å². The van der Waals surface area contributed by atoms with Crippen molar-refractivity contribution >= 4 is 74.4 Å². The molecule has 7 nitrogen and oxygen atoms in total. The molecular weight excluding hydrogens is 525 g/mol. The molecule has 0 unspecified atom stereocenters. The third-order valence-corrected chi connectivity index (χ3v) is 7.20. The summed E-state index contributed by atoms with van der Waals surface area (Å²) in [7, 11) is 1.34. The normalized spacial score (nSPS) is 14.4. The van der Waals surface area contributed by atoms with Crippen LogP contribution in [0.3, 0.4) is 0 Å². The van der Waals surface area contributed by atoms with E-state index in [0.29, 0.717) is 26.2 Å². The summed E-state index contributed by atoms with van der Waals surface area (Å²) in [5.74, 6) is -1.51. The number of hydrogen-bond acceptors (Lipinski definition) is 6. The highest BCUT2D eigenvalue weighted by molar-refractivity contribution is 8.27. The van der Waals surface area contributed by atoms with Crippen LogP contribution in [0.2, 0.25) is 0 Å². The molecule has 1 saturated heterocycles. The van der Waals surface area contributed by atoms with E-state index in [1.54, 1.807) is 41.1 Å². The average molecular weight is 546 g/mol. The standard InChI is InChI=1S/C28H20FN3O4S2/c1-36-25(33)16-31-15-18(22-7-2-3-8-23(22)31)14-24-27(35)32(28(37)38-24)21-6-4-5-17(13-21)26(34)30-20-11-9-19(29)10-12-20/h2-15H,16H2,1H3,(H,30,34)/b24-14+. The molecule has 0 aliphatic carbocycles. The number of thiocarbonyl (C=S) groups is 1. The number of ether oxygens (including phenoxy) is 1. The van der Waals surface area contributed by atoms with E-state index in [-0.39, 0.29) is 18.4 Å². The molecule has 2 amide bonds. The van der Waals surface area contributed by atoms with Crippen LogP contribution in [0.15, 0.2) is 83.9 Å². The number of esters is 1. The zero-order valence-corrected chi connectivity index (χ0v) is 21.6. The molecule has 2 heterocycles. The minimum absolute atomic E-state index is 0.0403. The molecule has 5 rings (SSSR count). The minimum Gasteiger partial charge on any atom is -0.468 e. The molecular formula is C28H20FN3O4S2. The summed E-state index contributed by atoms with van der Waals surface area (Å²) in [5.41, 5.74) is 2.81. The Kier molecular flexibility index (Phi) is 7.08. The van der Waals surface area contributed by atoms with Crippen molar-refractivity contribution in [2.24, 2.45) is 0 Å². The van der Waals surface area contributed by atoms with Crippen LogP contribution in [0.25, 0.3) is 17.0 Å². The Morgan fingerprint density at radius 2 is 1.84 bits per heavy atom. The van der Waals surface area contributed by atoms with Gasteiger partial charge in [0.05, 0.1) is 17.7 Å². The number of thioether (sulfide) groups is 1. The van der Waals surface area contributed by atoms with Crippen LogP contribution < -0.4 is 10.2 Å². The lowest BCUT2D eigenvalue weighted by Crippen LogP contribution is -2.27. The SMILES string of the molecule is COC(=O)Cn1cc(/C=C2/SC(=S)N(c3cccc(C(=O)Nc4ccc(F)cc4)c3)C2=O)c2ccccc21. The molecule has 0 saturated carbocycles. The van der Waals surface area contributed by atoms with E-state index in [0.717, 1.165) is 28.2 Å². The van der Waals surface area contributed by atoms with E-state index >= 15 is 0 Å². The average Bonchev–Trinajstić information content (AvgIpc) is 3.40. The van der Waals surface area contributed by atoms with Crippen molar-refractivity contribution in [1.82, 2.24) is 4.57 Å². The number of aromatic nitrogens is 1. The van der Waals surface area contributed by atoms with Crippen molar-refractivity contribution in [1.29, 1.82) is 0 Å². The van der Waals surface area contributed by atoms with Crippen LogP contribution >= 0.6 is 24.0 Å². The number of nitrogens with zero attached hydrogens (tertiary/aromatic N) is 2. The van der Waals surface area contributed by atoms with Gasteiger partial charge < -0.3 is 14.6 Å². The number of carbonyl (C=O) groups is 3. The number of carbonyl (C=O) groups excluding carboxylic acids is 3. The lowest BCUT2D eigenvalue weighted by Gasteiger charge is -2.15. The molecule has 1 N–H and O–H groups in total. The Bertz CT molecular complexity index is 1630. The number of fused-ring (bicyclic) bond motifs is 1. The van der Waals surface area contributed by atoms with Gasteiger partial charge in [-0.3, -0.25) is 19.3 Å². The second-order valence-electron chi connectivity index (χ2n) is 8.33. The van der Waals surface area contributed by atoms with E-state index in [4.69, 9.17) is 17.0 Å². The largest absolute Gasteiger partial charge is 0.468 e. The Labute approximate surface area is 226 Å². The summed E-state index contributed by atoms with van der Waals surface area (Å²) < 4.78 is 20.1. The molecule has 0 atom stereocenters. The van der Waals surface area contributed by atoms with Gasteiger partial charge in [0.1, 0.15) is 12.4 Å². The van der Waals surface area contributed by atoms with Crippen molar-refractivity contribution in [2.45, 2.75) is 6.54 Å². The number of anilines is 2. The maximum Gasteiger partial charge on any atom is 0.325 e. The second kappa shape index (κ2) is 10.6. The first-order valence-corrected chi connectivity index (χ1v) is 12.7. The van der Waals surface area contributed by atoms with Crippen molar-refractivity contribution in [3.8, 4) is 0 Å². The van der Waals surface area contributed by atoms with Gasteiger partial charge in [0.15, 0.2) is 4.32 Å². The predicted molar refractivity (Wildman–Crippen MR) is 150 cm³/mol. The fraction of sp³-hybridized carbons (Fsp3) is 0.0714. The van der Waals surface area contributed by atoms with Crippen LogP contribution in [0.5, 0.6) is 0 Å². The van der Waals surface area contributed by atoms with E-state index in [1.807, 2.05) is 24.3 Å². The summed E-state index contributed by atoms with van der Waals surface area (Å²) in [6.45, 7) is 0.0403. The van der Waals surface area contributed by atoms with Gasteiger partial charge in [0.25, 0.3) is 11.8 Å². The van der Waals surface area contributed by atoms with Crippen LogP contribution in [-0.4, -0.2) is 33.8 Å². The van der Waals surface area contributed by atoms with Crippen molar-refractivity contribution in [2.75, 3.05) is 17.3 Å². The minimum atomic E-state index is -0.405. The second-order valence-corrected chi connectivity index (χ2v) is 10.0. The fourth-order valence-corrected chi connectivity index (χ4v) is 5.37. The third-order valence-electron chi connectivity index (χ3n) is 5.90. The maximum absolute atomic E-state index is 13.4. The first-order chi connectivity index (χ1) is 18.3. The Hall–Kier alpha value is -4.28. The molecule has 3 aromatic carbocycles. The van der Waals surface area contributed by atoms with Gasteiger partial charge in [-0.25, -0.2) is 4.39 Å². The highest BCUT2D eigenvalue weighted by Gasteiger charge is 2.34.